The molecule has 6 nitrogen and oxygen atoms in total. The van der Waals surface area contributed by atoms with Crippen LogP contribution in [-0.4, -0.2) is 39.2 Å². The van der Waals surface area contributed by atoms with Gasteiger partial charge in [0.1, 0.15) is 18.7 Å². The van der Waals surface area contributed by atoms with Crippen molar-refractivity contribution in [3.05, 3.63) is 47.0 Å². The molecule has 0 aliphatic carbocycles. The van der Waals surface area contributed by atoms with Crippen LogP contribution in [0, 0.1) is 0 Å². The standard InChI is InChI=1S/C15H21ClN6/c1-4-17-15(18-9-14-19-11-20-22(14)3)21(2)10-12-6-5-7-13(16)8-12/h5-8,11H,4,9-10H2,1-3H3,(H,17,18). The molecule has 1 aromatic heterocycles. The van der Waals surface area contributed by atoms with Crippen molar-refractivity contribution in [3.63, 3.8) is 0 Å². The van der Waals surface area contributed by atoms with Crippen molar-refractivity contribution >= 4 is 17.6 Å². The van der Waals surface area contributed by atoms with E-state index >= 15 is 0 Å². The van der Waals surface area contributed by atoms with Gasteiger partial charge in [-0.1, -0.05) is 23.7 Å². The normalized spacial score (nSPS) is 11.5. The van der Waals surface area contributed by atoms with Gasteiger partial charge in [0.2, 0.25) is 0 Å². The summed E-state index contributed by atoms with van der Waals surface area (Å²) in [7, 11) is 3.86. The number of guanidine groups is 1. The Balaban J connectivity index is 2.07. The molecule has 0 amide bonds. The summed E-state index contributed by atoms with van der Waals surface area (Å²) in [4.78, 5) is 10.9. The van der Waals surface area contributed by atoms with E-state index in [0.29, 0.717) is 6.54 Å². The van der Waals surface area contributed by atoms with Gasteiger partial charge in [-0.25, -0.2) is 9.98 Å². The highest BCUT2D eigenvalue weighted by Crippen LogP contribution is 2.12. The van der Waals surface area contributed by atoms with Gasteiger partial charge >= 0.3 is 0 Å². The van der Waals surface area contributed by atoms with Crippen LogP contribution >= 0.6 is 11.6 Å². The third-order valence-corrected chi connectivity index (χ3v) is 3.42. The molecule has 0 spiro atoms. The summed E-state index contributed by atoms with van der Waals surface area (Å²) in [6.07, 6.45) is 1.54. The summed E-state index contributed by atoms with van der Waals surface area (Å²) >= 11 is 6.03. The molecule has 1 N–H and O–H groups in total. The van der Waals surface area contributed by atoms with Crippen LogP contribution in [0.25, 0.3) is 0 Å². The molecule has 0 aliphatic heterocycles. The van der Waals surface area contributed by atoms with E-state index in [1.54, 1.807) is 4.68 Å². The Kier molecular flexibility index (Phi) is 5.77. The second-order valence-electron chi connectivity index (χ2n) is 4.96. The predicted octanol–water partition coefficient (Wildman–Crippen LogP) is 2.07. The molecule has 0 aliphatic rings. The first-order valence-electron chi connectivity index (χ1n) is 7.17. The average Bonchev–Trinajstić information content (AvgIpc) is 2.88. The molecule has 0 radical (unpaired) electrons. The van der Waals surface area contributed by atoms with Gasteiger partial charge in [0.15, 0.2) is 5.96 Å². The highest BCUT2D eigenvalue weighted by Gasteiger charge is 2.08. The Bertz CT molecular complexity index is 636. The lowest BCUT2D eigenvalue weighted by atomic mass is 10.2. The summed E-state index contributed by atoms with van der Waals surface area (Å²) < 4.78 is 1.73. The molecular weight excluding hydrogens is 300 g/mol. The molecule has 1 aromatic carbocycles. The molecule has 0 fully saturated rings. The second-order valence-corrected chi connectivity index (χ2v) is 5.39. The Hall–Kier alpha value is -2.08. The highest BCUT2D eigenvalue weighted by atomic mass is 35.5. The van der Waals surface area contributed by atoms with Gasteiger partial charge in [0, 0.05) is 32.2 Å². The summed E-state index contributed by atoms with van der Waals surface area (Å²) in [6.45, 7) is 4.06. The van der Waals surface area contributed by atoms with Crippen molar-refractivity contribution in [1.82, 2.24) is 25.0 Å². The van der Waals surface area contributed by atoms with E-state index in [-0.39, 0.29) is 0 Å². The Morgan fingerprint density at radius 2 is 2.27 bits per heavy atom. The van der Waals surface area contributed by atoms with Crippen LogP contribution in [0.3, 0.4) is 0 Å². The summed E-state index contributed by atoms with van der Waals surface area (Å²) in [5, 5.41) is 8.08. The van der Waals surface area contributed by atoms with Crippen molar-refractivity contribution in [3.8, 4) is 0 Å². The van der Waals surface area contributed by atoms with Crippen molar-refractivity contribution in [2.75, 3.05) is 13.6 Å². The minimum Gasteiger partial charge on any atom is -0.357 e. The molecule has 0 bridgehead atoms. The molecule has 0 unspecified atom stereocenters. The summed E-state index contributed by atoms with van der Waals surface area (Å²) in [5.41, 5.74) is 1.14. The van der Waals surface area contributed by atoms with Gasteiger partial charge in [0.25, 0.3) is 0 Å². The van der Waals surface area contributed by atoms with Gasteiger partial charge in [0.05, 0.1) is 0 Å². The zero-order valence-electron chi connectivity index (χ0n) is 13.1. The lowest BCUT2D eigenvalue weighted by Gasteiger charge is -2.22. The van der Waals surface area contributed by atoms with Crippen LogP contribution in [0.15, 0.2) is 35.6 Å². The molecule has 22 heavy (non-hydrogen) atoms. The monoisotopic (exact) mass is 320 g/mol. The van der Waals surface area contributed by atoms with Gasteiger partial charge in [-0.15, -0.1) is 0 Å². The number of hydrogen-bond donors (Lipinski definition) is 1. The van der Waals surface area contributed by atoms with Crippen LogP contribution in [0.4, 0.5) is 0 Å². The van der Waals surface area contributed by atoms with Crippen LogP contribution in [0.2, 0.25) is 5.02 Å². The Morgan fingerprint density at radius 1 is 1.45 bits per heavy atom. The lowest BCUT2D eigenvalue weighted by Crippen LogP contribution is -2.38. The van der Waals surface area contributed by atoms with E-state index in [2.05, 4.69) is 31.4 Å². The molecule has 2 rings (SSSR count). The zero-order valence-corrected chi connectivity index (χ0v) is 13.9. The molecule has 118 valence electrons. The van der Waals surface area contributed by atoms with Crippen molar-refractivity contribution in [2.45, 2.75) is 20.0 Å². The number of halogens is 1. The number of nitrogens with zero attached hydrogens (tertiary/aromatic N) is 5. The minimum atomic E-state index is 0.485. The first-order chi connectivity index (χ1) is 10.6. The van der Waals surface area contributed by atoms with E-state index in [1.165, 1.54) is 6.33 Å². The fourth-order valence-corrected chi connectivity index (χ4v) is 2.28. The lowest BCUT2D eigenvalue weighted by molar-refractivity contribution is 0.476. The van der Waals surface area contributed by atoms with Crippen molar-refractivity contribution < 1.29 is 0 Å². The second kappa shape index (κ2) is 7.79. The first-order valence-corrected chi connectivity index (χ1v) is 7.54. The third kappa shape index (κ3) is 4.46. The molecular formula is C15H21ClN6. The van der Waals surface area contributed by atoms with Crippen LogP contribution in [0.5, 0.6) is 0 Å². The quantitative estimate of drug-likeness (QED) is 0.677. The number of hydrogen-bond acceptors (Lipinski definition) is 3. The van der Waals surface area contributed by atoms with Crippen molar-refractivity contribution in [2.24, 2.45) is 12.0 Å². The van der Waals surface area contributed by atoms with Crippen LogP contribution < -0.4 is 5.32 Å². The van der Waals surface area contributed by atoms with E-state index in [1.807, 2.05) is 39.2 Å². The van der Waals surface area contributed by atoms with E-state index < -0.39 is 0 Å². The largest absolute Gasteiger partial charge is 0.357 e. The molecule has 0 saturated carbocycles. The molecule has 0 saturated heterocycles. The van der Waals surface area contributed by atoms with Gasteiger partial charge < -0.3 is 10.2 Å². The number of benzene rings is 1. The summed E-state index contributed by atoms with van der Waals surface area (Å²) in [6, 6.07) is 7.84. The average molecular weight is 321 g/mol. The first kappa shape index (κ1) is 16.3. The number of aryl methyl sites for hydroxylation is 1. The smallest absolute Gasteiger partial charge is 0.194 e. The topological polar surface area (TPSA) is 58.3 Å². The molecule has 2 aromatic rings. The molecule has 1 heterocycles. The molecule has 7 heteroatoms. The molecule has 0 atom stereocenters. The number of aliphatic imine (C=N–C) groups is 1. The van der Waals surface area contributed by atoms with Crippen LogP contribution in [0.1, 0.15) is 18.3 Å². The van der Waals surface area contributed by atoms with Gasteiger partial charge in [-0.3, -0.25) is 4.68 Å². The van der Waals surface area contributed by atoms with Gasteiger partial charge in [-0.05, 0) is 24.6 Å². The van der Waals surface area contributed by atoms with E-state index in [0.717, 1.165) is 35.5 Å². The Labute approximate surface area is 135 Å². The van der Waals surface area contributed by atoms with E-state index in [9.17, 15) is 0 Å². The number of aromatic nitrogens is 3. The predicted molar refractivity (Wildman–Crippen MR) is 88.7 cm³/mol. The SMILES string of the molecule is CCNC(=NCc1ncnn1C)N(C)Cc1cccc(Cl)c1. The maximum atomic E-state index is 6.03. The fraction of sp³-hybridized carbons (Fsp3) is 0.400. The maximum Gasteiger partial charge on any atom is 0.194 e. The van der Waals surface area contributed by atoms with Crippen molar-refractivity contribution in [1.29, 1.82) is 0 Å². The van der Waals surface area contributed by atoms with Crippen LogP contribution in [-0.2, 0) is 20.1 Å². The fourth-order valence-electron chi connectivity index (χ4n) is 2.06. The zero-order chi connectivity index (χ0) is 15.9. The minimum absolute atomic E-state index is 0.485. The van der Waals surface area contributed by atoms with E-state index in [4.69, 9.17) is 11.6 Å². The van der Waals surface area contributed by atoms with Gasteiger partial charge in [-0.2, -0.15) is 5.10 Å². The maximum absolute atomic E-state index is 6.03. The highest BCUT2D eigenvalue weighted by molar-refractivity contribution is 6.30. The number of nitrogens with one attached hydrogen (secondary N) is 1. The summed E-state index contributed by atoms with van der Waals surface area (Å²) in [5.74, 6) is 1.65. The Morgan fingerprint density at radius 3 is 2.91 bits per heavy atom. The number of rotatable bonds is 5. The third-order valence-electron chi connectivity index (χ3n) is 3.18.